The maximum Gasteiger partial charge on any atom is 0.272 e. The van der Waals surface area contributed by atoms with E-state index in [0.717, 1.165) is 26.1 Å². The first-order valence-corrected chi connectivity index (χ1v) is 9.87. The molecule has 29 heavy (non-hydrogen) atoms. The fourth-order valence-electron chi connectivity index (χ4n) is 3.93. The molecular weight excluding hydrogens is 362 g/mol. The summed E-state index contributed by atoms with van der Waals surface area (Å²) in [5.41, 5.74) is 5.73. The van der Waals surface area contributed by atoms with E-state index < -0.39 is 0 Å². The van der Waals surface area contributed by atoms with E-state index in [0.29, 0.717) is 16.9 Å². The summed E-state index contributed by atoms with van der Waals surface area (Å²) in [5, 5.41) is 2.94. The van der Waals surface area contributed by atoms with Crippen molar-refractivity contribution in [3.63, 3.8) is 0 Å². The first-order chi connectivity index (χ1) is 14.0. The minimum Gasteiger partial charge on any atom is -0.343 e. The van der Waals surface area contributed by atoms with Crippen molar-refractivity contribution >= 4 is 17.4 Å². The maximum atomic E-state index is 12.8. The van der Waals surface area contributed by atoms with E-state index in [9.17, 15) is 9.59 Å². The monoisotopic (exact) mass is 387 g/mol. The largest absolute Gasteiger partial charge is 0.343 e. The van der Waals surface area contributed by atoms with Gasteiger partial charge >= 0.3 is 0 Å². The van der Waals surface area contributed by atoms with E-state index in [1.807, 2.05) is 23.7 Å². The molecule has 0 aliphatic carbocycles. The summed E-state index contributed by atoms with van der Waals surface area (Å²) < 4.78 is 2.01. The van der Waals surface area contributed by atoms with Crippen LogP contribution in [0.4, 0.5) is 5.69 Å². The Bertz CT molecular complexity index is 1040. The van der Waals surface area contributed by atoms with Gasteiger partial charge in [-0.25, -0.2) is 0 Å². The number of aromatic nitrogens is 1. The molecule has 3 aromatic rings. The maximum absolute atomic E-state index is 12.8. The second-order valence-electron chi connectivity index (χ2n) is 7.59. The minimum atomic E-state index is -0.132. The lowest BCUT2D eigenvalue weighted by Crippen LogP contribution is -2.30. The molecular formula is C24H25N3O2. The topological polar surface area (TPSA) is 54.3 Å². The lowest BCUT2D eigenvalue weighted by Gasteiger charge is -2.27. The molecule has 0 saturated carbocycles. The first kappa shape index (κ1) is 19.2. The molecule has 2 aromatic carbocycles. The van der Waals surface area contributed by atoms with E-state index in [4.69, 9.17) is 0 Å². The lowest BCUT2D eigenvalue weighted by atomic mass is 10.1. The van der Waals surface area contributed by atoms with Crippen LogP contribution in [-0.4, -0.2) is 27.7 Å². The normalized spacial score (nSPS) is 13.7. The number of hydrogen-bond acceptors (Lipinski definition) is 3. The molecule has 1 aliphatic heterocycles. The molecule has 0 radical (unpaired) electrons. The Morgan fingerprint density at radius 1 is 1.03 bits per heavy atom. The standard InChI is InChI=1S/C24H25N3O2/c1-17(28)19-8-10-21(11-9-19)25-24(29)23-14-20-16-27(13-12-22(20)26(23)2)15-18-6-4-3-5-7-18/h3-11,14H,12-13,15-16H2,1-2H3,(H,25,29). The zero-order chi connectivity index (χ0) is 20.4. The van der Waals surface area contributed by atoms with Crippen LogP contribution < -0.4 is 5.32 Å². The van der Waals surface area contributed by atoms with E-state index in [1.165, 1.54) is 23.7 Å². The fourth-order valence-corrected chi connectivity index (χ4v) is 3.93. The number of hydrogen-bond donors (Lipinski definition) is 1. The van der Waals surface area contributed by atoms with Crippen molar-refractivity contribution in [3.05, 3.63) is 88.7 Å². The Balaban J connectivity index is 1.47. The van der Waals surface area contributed by atoms with Gasteiger partial charge in [-0.15, -0.1) is 0 Å². The highest BCUT2D eigenvalue weighted by Crippen LogP contribution is 2.24. The average Bonchev–Trinajstić information content (AvgIpc) is 3.05. The van der Waals surface area contributed by atoms with Crippen LogP contribution in [0.2, 0.25) is 0 Å². The average molecular weight is 387 g/mol. The van der Waals surface area contributed by atoms with Crippen molar-refractivity contribution < 1.29 is 9.59 Å². The Morgan fingerprint density at radius 3 is 2.45 bits per heavy atom. The zero-order valence-electron chi connectivity index (χ0n) is 16.8. The second-order valence-corrected chi connectivity index (χ2v) is 7.59. The van der Waals surface area contributed by atoms with E-state index in [2.05, 4.69) is 34.5 Å². The van der Waals surface area contributed by atoms with Crippen molar-refractivity contribution in [1.82, 2.24) is 9.47 Å². The quantitative estimate of drug-likeness (QED) is 0.673. The van der Waals surface area contributed by atoms with Crippen molar-refractivity contribution in [2.45, 2.75) is 26.4 Å². The van der Waals surface area contributed by atoms with E-state index in [-0.39, 0.29) is 11.7 Å². The number of ketones is 1. The zero-order valence-corrected chi connectivity index (χ0v) is 16.8. The number of fused-ring (bicyclic) bond motifs is 1. The Morgan fingerprint density at radius 2 is 1.76 bits per heavy atom. The Kier molecular flexibility index (Phi) is 5.32. The molecule has 1 amide bonds. The van der Waals surface area contributed by atoms with Crippen LogP contribution in [0, 0.1) is 0 Å². The molecule has 0 fully saturated rings. The van der Waals surface area contributed by atoms with Crippen LogP contribution in [0.3, 0.4) is 0 Å². The highest BCUT2D eigenvalue weighted by Gasteiger charge is 2.23. The first-order valence-electron chi connectivity index (χ1n) is 9.87. The highest BCUT2D eigenvalue weighted by atomic mass is 16.2. The summed E-state index contributed by atoms with van der Waals surface area (Å²) >= 11 is 0. The Labute approximate surface area is 171 Å². The van der Waals surface area contributed by atoms with Gasteiger partial charge in [0.2, 0.25) is 0 Å². The van der Waals surface area contributed by atoms with E-state index in [1.54, 1.807) is 24.3 Å². The van der Waals surface area contributed by atoms with Gasteiger partial charge in [0.15, 0.2) is 5.78 Å². The fraction of sp³-hybridized carbons (Fsp3) is 0.250. The van der Waals surface area contributed by atoms with Crippen molar-refractivity contribution in [3.8, 4) is 0 Å². The molecule has 1 aromatic heterocycles. The third kappa shape index (κ3) is 4.15. The minimum absolute atomic E-state index is 0.0121. The third-order valence-corrected chi connectivity index (χ3v) is 5.54. The molecule has 0 unspecified atom stereocenters. The number of anilines is 1. The number of rotatable bonds is 5. The Hall–Kier alpha value is -3.18. The number of Topliss-reactive ketones (excluding diaryl/α,β-unsaturated/α-hetero) is 1. The SMILES string of the molecule is CC(=O)c1ccc(NC(=O)c2cc3c(n2C)CCN(Cc2ccccc2)C3)cc1. The summed E-state index contributed by atoms with van der Waals surface area (Å²) in [5.74, 6) is -0.120. The van der Waals surface area contributed by atoms with Crippen LogP contribution in [0.5, 0.6) is 0 Å². The second kappa shape index (κ2) is 8.05. The van der Waals surface area contributed by atoms with Crippen LogP contribution >= 0.6 is 0 Å². The van der Waals surface area contributed by atoms with Gasteiger partial charge in [0.25, 0.3) is 5.91 Å². The predicted molar refractivity (Wildman–Crippen MR) is 114 cm³/mol. The molecule has 5 nitrogen and oxygen atoms in total. The van der Waals surface area contributed by atoms with Crippen molar-refractivity contribution in [2.75, 3.05) is 11.9 Å². The summed E-state index contributed by atoms with van der Waals surface area (Å²) in [6.45, 7) is 4.27. The van der Waals surface area contributed by atoms with Crippen molar-refractivity contribution in [2.24, 2.45) is 7.05 Å². The molecule has 1 aliphatic rings. The van der Waals surface area contributed by atoms with Gasteiger partial charge in [0.1, 0.15) is 5.69 Å². The number of carbonyl (C=O) groups is 2. The molecule has 0 saturated heterocycles. The van der Waals surface area contributed by atoms with Gasteiger partial charge in [-0.3, -0.25) is 14.5 Å². The number of benzene rings is 2. The van der Waals surface area contributed by atoms with Gasteiger partial charge in [-0.1, -0.05) is 30.3 Å². The van der Waals surface area contributed by atoms with Gasteiger partial charge in [0, 0.05) is 50.0 Å². The summed E-state index contributed by atoms with van der Waals surface area (Å²) in [4.78, 5) is 26.7. The van der Waals surface area contributed by atoms with Crippen LogP contribution in [-0.2, 0) is 26.6 Å². The third-order valence-electron chi connectivity index (χ3n) is 5.54. The van der Waals surface area contributed by atoms with Crippen LogP contribution in [0.1, 0.15) is 44.6 Å². The summed E-state index contributed by atoms with van der Waals surface area (Å²) in [7, 11) is 1.96. The van der Waals surface area contributed by atoms with Gasteiger partial charge < -0.3 is 9.88 Å². The number of nitrogens with zero attached hydrogens (tertiary/aromatic N) is 2. The van der Waals surface area contributed by atoms with Gasteiger partial charge in [-0.2, -0.15) is 0 Å². The number of nitrogens with one attached hydrogen (secondary N) is 1. The molecule has 2 heterocycles. The van der Waals surface area contributed by atoms with E-state index >= 15 is 0 Å². The predicted octanol–water partition coefficient (Wildman–Crippen LogP) is 4.04. The molecule has 1 N–H and O–H groups in total. The number of carbonyl (C=O) groups excluding carboxylic acids is 2. The molecule has 148 valence electrons. The molecule has 5 heteroatoms. The summed E-state index contributed by atoms with van der Waals surface area (Å²) in [6, 6.07) is 19.5. The van der Waals surface area contributed by atoms with Gasteiger partial charge in [0.05, 0.1) is 0 Å². The van der Waals surface area contributed by atoms with Crippen molar-refractivity contribution in [1.29, 1.82) is 0 Å². The number of amides is 1. The highest BCUT2D eigenvalue weighted by molar-refractivity contribution is 6.04. The molecule has 0 atom stereocenters. The summed E-state index contributed by atoms with van der Waals surface area (Å²) in [6.07, 6.45) is 0.930. The van der Waals surface area contributed by atoms with Crippen LogP contribution in [0.25, 0.3) is 0 Å². The lowest BCUT2D eigenvalue weighted by molar-refractivity contribution is 0.101. The molecule has 4 rings (SSSR count). The molecule has 0 spiro atoms. The van der Waals surface area contributed by atoms with Crippen LogP contribution in [0.15, 0.2) is 60.7 Å². The van der Waals surface area contributed by atoms with Gasteiger partial charge in [-0.05, 0) is 48.4 Å². The smallest absolute Gasteiger partial charge is 0.272 e. The molecule has 0 bridgehead atoms.